The molecule has 0 saturated heterocycles. The van der Waals surface area contributed by atoms with Crippen LogP contribution in [0.2, 0.25) is 10.0 Å². The Kier molecular flexibility index (Phi) is 5.73. The van der Waals surface area contributed by atoms with E-state index in [0.717, 1.165) is 3.57 Å². The van der Waals surface area contributed by atoms with Crippen LogP contribution in [0.25, 0.3) is 0 Å². The maximum atomic E-state index is 5.69. The van der Waals surface area contributed by atoms with Gasteiger partial charge in [-0.05, 0) is 40.8 Å². The molecular weight excluding hydrogens is 374 g/mol. The number of nitrogen functional groups attached to an aromatic ring is 2. The van der Waals surface area contributed by atoms with Crippen LogP contribution in [0.5, 0.6) is 0 Å². The maximum absolute atomic E-state index is 5.69. The summed E-state index contributed by atoms with van der Waals surface area (Å²) in [4.78, 5) is 7.56. The van der Waals surface area contributed by atoms with Gasteiger partial charge < -0.3 is 11.5 Å². The Balaban J connectivity index is 0.000000171. The Morgan fingerprint density at radius 3 is 2.12 bits per heavy atom. The minimum atomic E-state index is 0.456. The van der Waals surface area contributed by atoms with E-state index in [1.165, 1.54) is 0 Å². The summed E-state index contributed by atoms with van der Waals surface area (Å²) in [5.74, 6) is 0.915. The molecule has 0 aliphatic heterocycles. The Morgan fingerprint density at radius 2 is 1.71 bits per heavy atom. The molecule has 0 aliphatic rings. The smallest absolute Gasteiger partial charge is 0.124 e. The number of hydrogen-bond donors (Lipinski definition) is 2. The van der Waals surface area contributed by atoms with Crippen molar-refractivity contribution in [3.8, 4) is 0 Å². The molecule has 0 bridgehead atoms. The van der Waals surface area contributed by atoms with Crippen molar-refractivity contribution < 1.29 is 0 Å². The summed E-state index contributed by atoms with van der Waals surface area (Å²) in [7, 11) is 0. The van der Waals surface area contributed by atoms with Crippen LogP contribution in [-0.4, -0.2) is 9.97 Å². The van der Waals surface area contributed by atoms with Gasteiger partial charge in [-0.1, -0.05) is 23.2 Å². The molecule has 2 aromatic rings. The van der Waals surface area contributed by atoms with Crippen molar-refractivity contribution in [3.05, 3.63) is 44.2 Å². The average molecular weight is 383 g/mol. The molecule has 0 spiro atoms. The summed E-state index contributed by atoms with van der Waals surface area (Å²) in [5, 5.41) is 1.28. The van der Waals surface area contributed by atoms with E-state index in [2.05, 4.69) is 32.6 Å². The monoisotopic (exact) mass is 382 g/mol. The normalized spacial score (nSPS) is 9.35. The SMILES string of the molecule is Nc1cc(Cl)c(I)cn1.Nc1cc(Cl)ccn1. The largest absolute Gasteiger partial charge is 0.384 e. The van der Waals surface area contributed by atoms with Crippen LogP contribution < -0.4 is 11.5 Å². The maximum Gasteiger partial charge on any atom is 0.124 e. The van der Waals surface area contributed by atoms with Gasteiger partial charge in [-0.3, -0.25) is 0 Å². The van der Waals surface area contributed by atoms with Gasteiger partial charge in [0, 0.05) is 17.4 Å². The highest BCUT2D eigenvalue weighted by atomic mass is 127. The van der Waals surface area contributed by atoms with Crippen LogP contribution in [0, 0.1) is 3.57 Å². The van der Waals surface area contributed by atoms with E-state index in [0.29, 0.717) is 21.7 Å². The van der Waals surface area contributed by atoms with Gasteiger partial charge in [0.1, 0.15) is 11.6 Å². The lowest BCUT2D eigenvalue weighted by molar-refractivity contribution is 1.32. The van der Waals surface area contributed by atoms with Crippen LogP contribution in [-0.2, 0) is 0 Å². The topological polar surface area (TPSA) is 77.8 Å². The molecule has 0 fully saturated rings. The summed E-state index contributed by atoms with van der Waals surface area (Å²) in [5.41, 5.74) is 10.6. The van der Waals surface area contributed by atoms with Gasteiger partial charge >= 0.3 is 0 Å². The molecule has 0 saturated carbocycles. The Morgan fingerprint density at radius 1 is 1.06 bits per heavy atom. The number of nitrogens with two attached hydrogens (primary N) is 2. The molecule has 2 aromatic heterocycles. The third-order valence-corrected chi connectivity index (χ3v) is 3.30. The molecule has 2 heterocycles. The van der Waals surface area contributed by atoms with Gasteiger partial charge in [-0.2, -0.15) is 0 Å². The number of halogens is 3. The minimum Gasteiger partial charge on any atom is -0.384 e. The second-order valence-corrected chi connectivity index (χ2v) is 4.93. The van der Waals surface area contributed by atoms with Crippen molar-refractivity contribution in [2.45, 2.75) is 0 Å². The van der Waals surface area contributed by atoms with Gasteiger partial charge in [0.2, 0.25) is 0 Å². The third-order valence-electron chi connectivity index (χ3n) is 1.57. The second-order valence-electron chi connectivity index (χ2n) is 2.92. The lowest BCUT2D eigenvalue weighted by Gasteiger charge is -1.93. The second kappa shape index (κ2) is 6.83. The van der Waals surface area contributed by atoms with E-state index < -0.39 is 0 Å². The zero-order valence-electron chi connectivity index (χ0n) is 8.57. The summed E-state index contributed by atoms with van der Waals surface area (Å²) in [6.07, 6.45) is 3.20. The standard InChI is InChI=1S/C5H4ClIN2.C5H5ClN2/c6-3-1-5(8)9-2-4(3)7;6-4-1-2-8-5(7)3-4/h1-2H,(H2,8,9);1-3H,(H2,7,8). The molecular formula is C10H9Cl2IN4. The van der Waals surface area contributed by atoms with E-state index >= 15 is 0 Å². The van der Waals surface area contributed by atoms with Crippen molar-refractivity contribution in [2.24, 2.45) is 0 Å². The van der Waals surface area contributed by atoms with Crippen LogP contribution in [0.1, 0.15) is 0 Å². The summed E-state index contributed by atoms with van der Waals surface area (Å²) in [6, 6.07) is 4.91. The van der Waals surface area contributed by atoms with Gasteiger partial charge in [0.05, 0.1) is 8.59 Å². The third kappa shape index (κ3) is 5.38. The Labute approximate surface area is 122 Å². The first-order valence-electron chi connectivity index (χ1n) is 4.42. The number of anilines is 2. The first-order chi connectivity index (χ1) is 7.99. The zero-order chi connectivity index (χ0) is 12.8. The van der Waals surface area contributed by atoms with Crippen molar-refractivity contribution in [1.29, 1.82) is 0 Å². The van der Waals surface area contributed by atoms with E-state index in [1.807, 2.05) is 0 Å². The first kappa shape index (κ1) is 14.3. The molecule has 7 heteroatoms. The van der Waals surface area contributed by atoms with Crippen LogP contribution in [0.15, 0.2) is 30.6 Å². The summed E-state index contributed by atoms with van der Waals surface area (Å²) in [6.45, 7) is 0. The number of aromatic nitrogens is 2. The number of pyridine rings is 2. The molecule has 0 aliphatic carbocycles. The Hall–Kier alpha value is -0.790. The molecule has 4 N–H and O–H groups in total. The average Bonchev–Trinajstić information content (AvgIpc) is 2.24. The molecule has 0 atom stereocenters. The highest BCUT2D eigenvalue weighted by Gasteiger charge is 1.94. The number of rotatable bonds is 0. The van der Waals surface area contributed by atoms with Crippen LogP contribution in [0.3, 0.4) is 0 Å². The lowest BCUT2D eigenvalue weighted by atomic mass is 10.5. The van der Waals surface area contributed by atoms with Crippen molar-refractivity contribution in [1.82, 2.24) is 9.97 Å². The molecule has 0 unspecified atom stereocenters. The van der Waals surface area contributed by atoms with E-state index in [-0.39, 0.29) is 0 Å². The molecule has 0 amide bonds. The van der Waals surface area contributed by atoms with Crippen molar-refractivity contribution in [3.63, 3.8) is 0 Å². The fourth-order valence-corrected chi connectivity index (χ4v) is 1.47. The molecule has 4 nitrogen and oxygen atoms in total. The fraction of sp³-hybridized carbons (Fsp3) is 0. The highest BCUT2D eigenvalue weighted by Crippen LogP contribution is 2.17. The molecule has 90 valence electrons. The van der Waals surface area contributed by atoms with Gasteiger partial charge in [0.25, 0.3) is 0 Å². The quantitative estimate of drug-likeness (QED) is 0.685. The number of nitrogens with zero attached hydrogens (tertiary/aromatic N) is 2. The molecule has 0 radical (unpaired) electrons. The summed E-state index contributed by atoms with van der Waals surface area (Å²) >= 11 is 13.3. The first-order valence-corrected chi connectivity index (χ1v) is 6.26. The fourth-order valence-electron chi connectivity index (χ4n) is 0.850. The molecule has 0 aromatic carbocycles. The zero-order valence-corrected chi connectivity index (χ0v) is 12.2. The van der Waals surface area contributed by atoms with E-state index in [4.69, 9.17) is 34.7 Å². The van der Waals surface area contributed by atoms with Crippen molar-refractivity contribution >= 4 is 57.4 Å². The van der Waals surface area contributed by atoms with E-state index in [9.17, 15) is 0 Å². The van der Waals surface area contributed by atoms with Crippen LogP contribution >= 0.6 is 45.8 Å². The summed E-state index contributed by atoms with van der Waals surface area (Å²) < 4.78 is 0.920. The molecule has 17 heavy (non-hydrogen) atoms. The minimum absolute atomic E-state index is 0.456. The highest BCUT2D eigenvalue weighted by molar-refractivity contribution is 14.1. The predicted octanol–water partition coefficient (Wildman–Crippen LogP) is 3.24. The van der Waals surface area contributed by atoms with Crippen molar-refractivity contribution in [2.75, 3.05) is 11.5 Å². The van der Waals surface area contributed by atoms with Gasteiger partial charge in [-0.25, -0.2) is 9.97 Å². The molecule has 2 rings (SSSR count). The van der Waals surface area contributed by atoms with Crippen LogP contribution in [0.4, 0.5) is 11.6 Å². The predicted molar refractivity (Wildman–Crippen MR) is 80.0 cm³/mol. The lowest BCUT2D eigenvalue weighted by Crippen LogP contribution is -1.89. The Bertz CT molecular complexity index is 490. The van der Waals surface area contributed by atoms with Gasteiger partial charge in [-0.15, -0.1) is 0 Å². The van der Waals surface area contributed by atoms with E-state index in [1.54, 1.807) is 30.6 Å². The van der Waals surface area contributed by atoms with Gasteiger partial charge in [0.15, 0.2) is 0 Å². The number of hydrogen-bond acceptors (Lipinski definition) is 4.